The van der Waals surface area contributed by atoms with E-state index in [9.17, 15) is 14.4 Å². The Hall–Kier alpha value is -4.86. The van der Waals surface area contributed by atoms with Crippen molar-refractivity contribution >= 4 is 57.3 Å². The Bertz CT molecular complexity index is 1760. The molecular formula is C29H20ClN5O3S. The van der Waals surface area contributed by atoms with E-state index in [0.29, 0.717) is 44.1 Å². The van der Waals surface area contributed by atoms with Crippen LogP contribution in [0.3, 0.4) is 0 Å². The molecule has 0 unspecified atom stereocenters. The molecule has 5 aromatic rings. The molecule has 0 saturated heterocycles. The van der Waals surface area contributed by atoms with Crippen LogP contribution in [0.4, 0.5) is 5.69 Å². The first-order valence-corrected chi connectivity index (χ1v) is 12.5. The van der Waals surface area contributed by atoms with Gasteiger partial charge in [-0.2, -0.15) is 4.68 Å². The highest BCUT2D eigenvalue weighted by molar-refractivity contribution is 7.80. The van der Waals surface area contributed by atoms with Gasteiger partial charge in [-0.05, 0) is 72.9 Å². The summed E-state index contributed by atoms with van der Waals surface area (Å²) in [4.78, 5) is 43.4. The zero-order valence-electron chi connectivity index (χ0n) is 20.2. The highest BCUT2D eigenvalue weighted by atomic mass is 35.5. The Labute approximate surface area is 233 Å². The SMILES string of the molecule is O=C(NC(=S)Nc1ccc(C(=O)Nn2c(-c3ccccc3)nc3ccccc3c2=O)cc1)c1ccc(Cl)cc1. The van der Waals surface area contributed by atoms with Crippen molar-refractivity contribution in [3.05, 3.63) is 130 Å². The fourth-order valence-electron chi connectivity index (χ4n) is 3.83. The van der Waals surface area contributed by atoms with Gasteiger partial charge < -0.3 is 5.32 Å². The minimum atomic E-state index is -0.503. The van der Waals surface area contributed by atoms with Crippen LogP contribution >= 0.6 is 23.8 Å². The highest BCUT2D eigenvalue weighted by Crippen LogP contribution is 2.18. The van der Waals surface area contributed by atoms with Gasteiger partial charge in [-0.1, -0.05) is 54.1 Å². The van der Waals surface area contributed by atoms with Crippen molar-refractivity contribution in [1.82, 2.24) is 15.0 Å². The zero-order valence-corrected chi connectivity index (χ0v) is 21.8. The Morgan fingerprint density at radius 2 is 1.38 bits per heavy atom. The Morgan fingerprint density at radius 1 is 0.769 bits per heavy atom. The minimum Gasteiger partial charge on any atom is -0.332 e. The van der Waals surface area contributed by atoms with Crippen molar-refractivity contribution in [3.8, 4) is 11.4 Å². The molecule has 0 aliphatic heterocycles. The van der Waals surface area contributed by atoms with Crippen LogP contribution in [0, 0.1) is 0 Å². The second-order valence-corrected chi connectivity index (χ2v) is 9.24. The maximum Gasteiger partial charge on any atom is 0.280 e. The number of hydrogen-bond acceptors (Lipinski definition) is 5. The number of carbonyl (C=O) groups is 2. The van der Waals surface area contributed by atoms with E-state index >= 15 is 0 Å². The summed E-state index contributed by atoms with van der Waals surface area (Å²) in [7, 11) is 0. The van der Waals surface area contributed by atoms with Crippen molar-refractivity contribution in [2.24, 2.45) is 0 Å². The van der Waals surface area contributed by atoms with E-state index in [4.69, 9.17) is 23.8 Å². The molecule has 0 atom stereocenters. The molecule has 0 saturated carbocycles. The molecule has 0 bridgehead atoms. The van der Waals surface area contributed by atoms with Crippen LogP contribution in [0.1, 0.15) is 20.7 Å². The number of rotatable bonds is 5. The molecule has 4 aromatic carbocycles. The van der Waals surface area contributed by atoms with Crippen LogP contribution in [0.5, 0.6) is 0 Å². The molecular weight excluding hydrogens is 534 g/mol. The lowest BCUT2D eigenvalue weighted by molar-refractivity contribution is 0.0975. The number of aromatic nitrogens is 2. The molecule has 3 N–H and O–H groups in total. The summed E-state index contributed by atoms with van der Waals surface area (Å²) < 4.78 is 1.16. The third-order valence-electron chi connectivity index (χ3n) is 5.76. The van der Waals surface area contributed by atoms with E-state index < -0.39 is 11.5 Å². The molecule has 39 heavy (non-hydrogen) atoms. The van der Waals surface area contributed by atoms with Crippen LogP contribution < -0.4 is 21.6 Å². The molecule has 0 radical (unpaired) electrons. The van der Waals surface area contributed by atoms with Crippen LogP contribution in [0.15, 0.2) is 108 Å². The molecule has 10 heteroatoms. The molecule has 0 aliphatic carbocycles. The third kappa shape index (κ3) is 5.85. The number of nitrogens with one attached hydrogen (secondary N) is 3. The van der Waals surface area contributed by atoms with E-state index in [2.05, 4.69) is 21.0 Å². The van der Waals surface area contributed by atoms with Gasteiger partial charge in [0.1, 0.15) is 0 Å². The molecule has 1 heterocycles. The smallest absolute Gasteiger partial charge is 0.280 e. The van der Waals surface area contributed by atoms with Gasteiger partial charge in [-0.15, -0.1) is 0 Å². The lowest BCUT2D eigenvalue weighted by Gasteiger charge is -2.15. The summed E-state index contributed by atoms with van der Waals surface area (Å²) in [5.41, 5.74) is 4.76. The van der Waals surface area contributed by atoms with E-state index in [1.807, 2.05) is 30.3 Å². The number of amides is 2. The molecule has 0 fully saturated rings. The van der Waals surface area contributed by atoms with Gasteiger partial charge in [0, 0.05) is 27.4 Å². The number of fused-ring (bicyclic) bond motifs is 1. The maximum absolute atomic E-state index is 13.3. The van der Waals surface area contributed by atoms with Crippen molar-refractivity contribution in [2.45, 2.75) is 0 Å². The van der Waals surface area contributed by atoms with Crippen LogP contribution in [-0.2, 0) is 0 Å². The minimum absolute atomic E-state index is 0.0912. The molecule has 1 aromatic heterocycles. The van der Waals surface area contributed by atoms with E-state index in [1.54, 1.807) is 72.8 Å². The summed E-state index contributed by atoms with van der Waals surface area (Å²) in [5.74, 6) is -0.576. The predicted octanol–water partition coefficient (Wildman–Crippen LogP) is 5.23. The molecule has 0 spiro atoms. The molecule has 192 valence electrons. The van der Waals surface area contributed by atoms with Gasteiger partial charge in [0.05, 0.1) is 10.9 Å². The maximum atomic E-state index is 13.3. The normalized spacial score (nSPS) is 10.6. The monoisotopic (exact) mass is 553 g/mol. The average Bonchev–Trinajstić information content (AvgIpc) is 2.95. The number of anilines is 1. The Balaban J connectivity index is 1.33. The van der Waals surface area contributed by atoms with Crippen molar-refractivity contribution in [3.63, 3.8) is 0 Å². The van der Waals surface area contributed by atoms with Gasteiger partial charge in [0.15, 0.2) is 10.9 Å². The van der Waals surface area contributed by atoms with Gasteiger partial charge in [-0.25, -0.2) is 4.98 Å². The lowest BCUT2D eigenvalue weighted by Crippen LogP contribution is -2.35. The number of hydrogen-bond donors (Lipinski definition) is 3. The fraction of sp³-hybridized carbons (Fsp3) is 0. The van der Waals surface area contributed by atoms with E-state index in [0.717, 1.165) is 4.68 Å². The number of para-hydroxylation sites is 1. The average molecular weight is 554 g/mol. The first-order valence-electron chi connectivity index (χ1n) is 11.8. The predicted molar refractivity (Wildman–Crippen MR) is 157 cm³/mol. The van der Waals surface area contributed by atoms with Gasteiger partial charge in [-0.3, -0.25) is 25.1 Å². The number of nitrogens with zero attached hydrogens (tertiary/aromatic N) is 2. The largest absolute Gasteiger partial charge is 0.332 e. The van der Waals surface area contributed by atoms with Gasteiger partial charge >= 0.3 is 0 Å². The van der Waals surface area contributed by atoms with E-state index in [1.165, 1.54) is 0 Å². The van der Waals surface area contributed by atoms with Crippen LogP contribution in [0.2, 0.25) is 5.02 Å². The molecule has 2 amide bonds. The molecule has 8 nitrogen and oxygen atoms in total. The Morgan fingerprint density at radius 3 is 2.10 bits per heavy atom. The summed E-state index contributed by atoms with van der Waals surface area (Å²) >= 11 is 11.1. The number of thiocarbonyl (C=S) groups is 1. The van der Waals surface area contributed by atoms with Gasteiger partial charge in [0.2, 0.25) is 0 Å². The van der Waals surface area contributed by atoms with Crippen molar-refractivity contribution in [2.75, 3.05) is 10.7 Å². The fourth-order valence-corrected chi connectivity index (χ4v) is 4.16. The topological polar surface area (TPSA) is 105 Å². The van der Waals surface area contributed by atoms with Crippen LogP contribution in [-0.4, -0.2) is 26.6 Å². The van der Waals surface area contributed by atoms with Crippen molar-refractivity contribution < 1.29 is 9.59 Å². The highest BCUT2D eigenvalue weighted by Gasteiger charge is 2.16. The number of halogens is 1. The standard InChI is InChI=1S/C29H20ClN5O3S/c30-21-14-10-19(11-15-21)26(36)33-29(39)31-22-16-12-20(13-17-22)27(37)34-35-25(18-6-2-1-3-7-18)32-24-9-5-4-8-23(24)28(35)38/h1-17H,(H,34,37)(H2,31,33,36,39). The molecule has 0 aliphatic rings. The Kier molecular flexibility index (Phi) is 7.44. The second-order valence-electron chi connectivity index (χ2n) is 8.39. The number of carbonyl (C=O) groups excluding carboxylic acids is 2. The second kappa shape index (κ2) is 11.3. The summed E-state index contributed by atoms with van der Waals surface area (Å²) in [6.07, 6.45) is 0. The first-order chi connectivity index (χ1) is 18.9. The first kappa shape index (κ1) is 25.8. The van der Waals surface area contributed by atoms with Gasteiger partial charge in [0.25, 0.3) is 17.4 Å². The van der Waals surface area contributed by atoms with Crippen LogP contribution in [0.25, 0.3) is 22.3 Å². The third-order valence-corrected chi connectivity index (χ3v) is 6.22. The summed E-state index contributed by atoms with van der Waals surface area (Å²) in [6, 6.07) is 28.9. The molecule has 5 rings (SSSR count). The number of benzene rings is 4. The quantitative estimate of drug-likeness (QED) is 0.257. The van der Waals surface area contributed by atoms with E-state index in [-0.39, 0.29) is 11.0 Å². The zero-order chi connectivity index (χ0) is 27.4. The van der Waals surface area contributed by atoms with Crippen molar-refractivity contribution in [1.29, 1.82) is 0 Å². The summed E-state index contributed by atoms with van der Waals surface area (Å²) in [6.45, 7) is 0. The summed E-state index contributed by atoms with van der Waals surface area (Å²) in [5, 5.41) is 6.49. The lowest BCUT2D eigenvalue weighted by atomic mass is 10.2.